The highest BCUT2D eigenvalue weighted by Crippen LogP contribution is 2.25. The Labute approximate surface area is 165 Å². The minimum absolute atomic E-state index is 0.0436. The Bertz CT molecular complexity index is 1060. The molecule has 2 N–H and O–H groups in total. The molecule has 4 rings (SSSR count). The minimum Gasteiger partial charge on any atom is -0.494 e. The van der Waals surface area contributed by atoms with Crippen LogP contribution < -0.4 is 15.6 Å². The van der Waals surface area contributed by atoms with Crippen LogP contribution in [0.15, 0.2) is 40.4 Å². The average molecular weight is 399 g/mol. The van der Waals surface area contributed by atoms with E-state index in [4.69, 9.17) is 4.74 Å². The molecule has 1 aliphatic rings. The molecule has 8 nitrogen and oxygen atoms in total. The minimum atomic E-state index is -0.287. The molecule has 146 valence electrons. The van der Waals surface area contributed by atoms with Gasteiger partial charge in [-0.25, -0.2) is 9.67 Å². The molecular formula is C19H21N5O3S. The Hall–Kier alpha value is -2.81. The molecule has 0 aliphatic heterocycles. The predicted molar refractivity (Wildman–Crippen MR) is 107 cm³/mol. The molecule has 1 aliphatic carbocycles. The summed E-state index contributed by atoms with van der Waals surface area (Å²) < 4.78 is 6.96. The average Bonchev–Trinajstić information content (AvgIpc) is 3.36. The van der Waals surface area contributed by atoms with Crippen LogP contribution >= 0.6 is 11.8 Å². The van der Waals surface area contributed by atoms with Gasteiger partial charge in [0.2, 0.25) is 5.91 Å². The van der Waals surface area contributed by atoms with Crippen molar-refractivity contribution in [2.24, 2.45) is 0 Å². The van der Waals surface area contributed by atoms with E-state index in [2.05, 4.69) is 20.4 Å². The van der Waals surface area contributed by atoms with Gasteiger partial charge in [-0.1, -0.05) is 36.7 Å². The number of carbonyl (C=O) groups is 1. The molecule has 1 saturated carbocycles. The standard InChI is InChI=1S/C19H21N5O3S/c1-27-15-9-5-4-8-14(15)24-17-13(10-20-24)18(26)23-19(22-17)28-11-16(25)21-12-6-2-3-7-12/h4-5,8-10,12H,2-3,6-7,11H2,1H3,(H,21,25)(H,22,23,26). The summed E-state index contributed by atoms with van der Waals surface area (Å²) in [7, 11) is 1.58. The van der Waals surface area contributed by atoms with E-state index in [0.717, 1.165) is 25.7 Å². The van der Waals surface area contributed by atoms with E-state index in [1.165, 1.54) is 18.0 Å². The number of thioether (sulfide) groups is 1. The summed E-state index contributed by atoms with van der Waals surface area (Å²) in [4.78, 5) is 31.8. The molecule has 0 atom stereocenters. The van der Waals surface area contributed by atoms with Crippen molar-refractivity contribution in [1.82, 2.24) is 25.1 Å². The lowest BCUT2D eigenvalue weighted by Gasteiger charge is -2.11. The van der Waals surface area contributed by atoms with Gasteiger partial charge in [0.05, 0.1) is 19.1 Å². The third-order valence-corrected chi connectivity index (χ3v) is 5.66. The number of nitrogens with one attached hydrogen (secondary N) is 2. The Morgan fingerprint density at radius 3 is 2.93 bits per heavy atom. The lowest BCUT2D eigenvalue weighted by atomic mass is 10.2. The third-order valence-electron chi connectivity index (χ3n) is 4.79. The van der Waals surface area contributed by atoms with Crippen molar-refractivity contribution in [3.8, 4) is 11.4 Å². The molecular weight excluding hydrogens is 378 g/mol. The van der Waals surface area contributed by atoms with E-state index in [9.17, 15) is 9.59 Å². The summed E-state index contributed by atoms with van der Waals surface area (Å²) in [6.45, 7) is 0. The largest absolute Gasteiger partial charge is 0.494 e. The highest BCUT2D eigenvalue weighted by Gasteiger charge is 2.18. The highest BCUT2D eigenvalue weighted by molar-refractivity contribution is 7.99. The summed E-state index contributed by atoms with van der Waals surface area (Å²) in [5, 5.41) is 8.11. The maximum atomic E-state index is 12.4. The topological polar surface area (TPSA) is 102 Å². The second kappa shape index (κ2) is 8.05. The molecule has 1 amide bonds. The molecule has 2 heterocycles. The number of methoxy groups -OCH3 is 1. The number of carbonyl (C=O) groups excluding carboxylic acids is 1. The number of aromatic amines is 1. The van der Waals surface area contributed by atoms with Crippen LogP contribution in [-0.4, -0.2) is 44.6 Å². The predicted octanol–water partition coefficient (Wildman–Crippen LogP) is 2.27. The molecule has 3 aromatic rings. The van der Waals surface area contributed by atoms with Gasteiger partial charge in [-0.3, -0.25) is 9.59 Å². The van der Waals surface area contributed by atoms with Gasteiger partial charge in [-0.15, -0.1) is 0 Å². The van der Waals surface area contributed by atoms with Crippen LogP contribution in [-0.2, 0) is 4.79 Å². The lowest BCUT2D eigenvalue weighted by Crippen LogP contribution is -2.33. The van der Waals surface area contributed by atoms with Gasteiger partial charge in [0.25, 0.3) is 5.56 Å². The first-order valence-corrected chi connectivity index (χ1v) is 10.2. The van der Waals surface area contributed by atoms with Crippen LogP contribution in [0.1, 0.15) is 25.7 Å². The maximum Gasteiger partial charge on any atom is 0.262 e. The van der Waals surface area contributed by atoms with Crippen molar-refractivity contribution >= 4 is 28.7 Å². The molecule has 0 bridgehead atoms. The number of hydrogen-bond donors (Lipinski definition) is 2. The number of benzene rings is 1. The fourth-order valence-corrected chi connectivity index (χ4v) is 4.09. The molecule has 0 saturated heterocycles. The van der Waals surface area contributed by atoms with Gasteiger partial charge in [0.15, 0.2) is 10.8 Å². The van der Waals surface area contributed by atoms with Crippen LogP contribution in [0.2, 0.25) is 0 Å². The molecule has 0 radical (unpaired) electrons. The Morgan fingerprint density at radius 2 is 2.14 bits per heavy atom. The van der Waals surface area contributed by atoms with Crippen molar-refractivity contribution in [2.75, 3.05) is 12.9 Å². The monoisotopic (exact) mass is 399 g/mol. The van der Waals surface area contributed by atoms with Crippen molar-refractivity contribution in [2.45, 2.75) is 36.9 Å². The zero-order chi connectivity index (χ0) is 19.5. The quantitative estimate of drug-likeness (QED) is 0.487. The number of fused-ring (bicyclic) bond motifs is 1. The van der Waals surface area contributed by atoms with Gasteiger partial charge in [0, 0.05) is 6.04 Å². The second-order valence-corrected chi connectivity index (χ2v) is 7.64. The lowest BCUT2D eigenvalue weighted by molar-refractivity contribution is -0.119. The number of rotatable bonds is 6. The SMILES string of the molecule is COc1ccccc1-n1ncc2c(=O)[nH]c(SCC(=O)NC3CCCC3)nc21. The third kappa shape index (κ3) is 3.75. The van der Waals surface area contributed by atoms with E-state index >= 15 is 0 Å². The smallest absolute Gasteiger partial charge is 0.262 e. The van der Waals surface area contributed by atoms with Crippen molar-refractivity contribution in [3.63, 3.8) is 0 Å². The molecule has 1 aromatic carbocycles. The van der Waals surface area contributed by atoms with E-state index in [0.29, 0.717) is 27.6 Å². The fraction of sp³-hybridized carbons (Fsp3) is 0.368. The summed E-state index contributed by atoms with van der Waals surface area (Å²) in [6.07, 6.45) is 5.88. The van der Waals surface area contributed by atoms with Crippen LogP contribution in [0.3, 0.4) is 0 Å². The molecule has 2 aromatic heterocycles. The van der Waals surface area contributed by atoms with Gasteiger partial charge in [0.1, 0.15) is 16.8 Å². The van der Waals surface area contributed by atoms with Crippen molar-refractivity contribution < 1.29 is 9.53 Å². The number of amides is 1. The summed E-state index contributed by atoms with van der Waals surface area (Å²) in [5.74, 6) is 0.783. The number of aromatic nitrogens is 4. The van der Waals surface area contributed by atoms with Crippen LogP contribution in [0, 0.1) is 0 Å². The fourth-order valence-electron chi connectivity index (χ4n) is 3.42. The summed E-state index contributed by atoms with van der Waals surface area (Å²) in [5.41, 5.74) is 0.824. The number of ether oxygens (including phenoxy) is 1. The maximum absolute atomic E-state index is 12.4. The zero-order valence-corrected chi connectivity index (χ0v) is 16.3. The Morgan fingerprint density at radius 1 is 1.36 bits per heavy atom. The van der Waals surface area contributed by atoms with Gasteiger partial charge >= 0.3 is 0 Å². The number of nitrogens with zero attached hydrogens (tertiary/aromatic N) is 3. The van der Waals surface area contributed by atoms with Crippen LogP contribution in [0.5, 0.6) is 5.75 Å². The van der Waals surface area contributed by atoms with Crippen molar-refractivity contribution in [1.29, 1.82) is 0 Å². The van der Waals surface area contributed by atoms with E-state index in [-0.39, 0.29) is 23.3 Å². The van der Waals surface area contributed by atoms with E-state index in [1.54, 1.807) is 11.8 Å². The van der Waals surface area contributed by atoms with E-state index in [1.807, 2.05) is 24.3 Å². The number of para-hydroxylation sites is 2. The molecule has 9 heteroatoms. The van der Waals surface area contributed by atoms with Crippen LogP contribution in [0.4, 0.5) is 0 Å². The summed E-state index contributed by atoms with van der Waals surface area (Å²) in [6, 6.07) is 7.66. The summed E-state index contributed by atoms with van der Waals surface area (Å²) >= 11 is 1.21. The Kier molecular flexibility index (Phi) is 5.34. The Balaban J connectivity index is 1.58. The molecule has 1 fully saturated rings. The highest BCUT2D eigenvalue weighted by atomic mass is 32.2. The van der Waals surface area contributed by atoms with Crippen LogP contribution in [0.25, 0.3) is 16.7 Å². The first-order chi connectivity index (χ1) is 13.7. The van der Waals surface area contributed by atoms with Gasteiger partial charge in [-0.2, -0.15) is 5.10 Å². The molecule has 0 spiro atoms. The normalized spacial score (nSPS) is 14.5. The number of hydrogen-bond acceptors (Lipinski definition) is 6. The second-order valence-electron chi connectivity index (χ2n) is 6.67. The number of H-pyrrole nitrogens is 1. The molecule has 28 heavy (non-hydrogen) atoms. The van der Waals surface area contributed by atoms with Crippen molar-refractivity contribution in [3.05, 3.63) is 40.8 Å². The first-order valence-electron chi connectivity index (χ1n) is 9.19. The zero-order valence-electron chi connectivity index (χ0n) is 15.5. The molecule has 0 unspecified atom stereocenters. The first kappa shape index (κ1) is 18.5. The van der Waals surface area contributed by atoms with Gasteiger partial charge < -0.3 is 15.0 Å². The van der Waals surface area contributed by atoms with E-state index < -0.39 is 0 Å². The van der Waals surface area contributed by atoms with Gasteiger partial charge in [-0.05, 0) is 25.0 Å².